The summed E-state index contributed by atoms with van der Waals surface area (Å²) in [6, 6.07) is 0. The van der Waals surface area contributed by atoms with Crippen molar-refractivity contribution in [2.45, 2.75) is 52.1 Å². The first-order valence-corrected chi connectivity index (χ1v) is 7.67. The van der Waals surface area contributed by atoms with Gasteiger partial charge in [0.25, 0.3) is 0 Å². The van der Waals surface area contributed by atoms with Crippen LogP contribution in [0.2, 0.25) is 0 Å². The summed E-state index contributed by atoms with van der Waals surface area (Å²) in [7, 11) is 0. The summed E-state index contributed by atoms with van der Waals surface area (Å²) in [4.78, 5) is 11.0. The van der Waals surface area contributed by atoms with Gasteiger partial charge in [-0.15, -0.1) is 0 Å². The van der Waals surface area contributed by atoms with Gasteiger partial charge in [-0.2, -0.15) is 0 Å². The van der Waals surface area contributed by atoms with Crippen LogP contribution in [-0.2, 0) is 28.5 Å². The molecule has 6 heteroatoms. The molecule has 1 fully saturated rings. The van der Waals surface area contributed by atoms with Crippen molar-refractivity contribution in [2.75, 3.05) is 39.6 Å². The fraction of sp³-hybridized carbons (Fsp3) is 0.933. The molecule has 4 atom stereocenters. The van der Waals surface area contributed by atoms with Crippen LogP contribution in [-0.4, -0.2) is 69.8 Å². The molecule has 0 bridgehead atoms. The molecule has 1 heterocycles. The van der Waals surface area contributed by atoms with Crippen molar-refractivity contribution >= 4 is 5.78 Å². The number of ketones is 1. The minimum atomic E-state index is -0.267. The molecule has 4 unspecified atom stereocenters. The molecule has 0 aromatic carbocycles. The first-order valence-electron chi connectivity index (χ1n) is 7.67. The van der Waals surface area contributed by atoms with E-state index in [0.717, 1.165) is 0 Å². The Bertz CT molecular complexity index is 296. The summed E-state index contributed by atoms with van der Waals surface area (Å²) in [6.45, 7) is 9.94. The van der Waals surface area contributed by atoms with Crippen molar-refractivity contribution in [3.63, 3.8) is 0 Å². The van der Waals surface area contributed by atoms with Gasteiger partial charge in [0, 0.05) is 19.8 Å². The summed E-state index contributed by atoms with van der Waals surface area (Å²) in [5.74, 6) is -0.00820. The highest BCUT2D eigenvalue weighted by atomic mass is 16.6. The number of carbonyl (C=O) groups excluding carboxylic acids is 1. The maximum Gasteiger partial charge on any atom is 0.155 e. The highest BCUT2D eigenvalue weighted by Gasteiger charge is 2.43. The van der Waals surface area contributed by atoms with Crippen LogP contribution < -0.4 is 0 Å². The minimum absolute atomic E-state index is 0.00820. The Labute approximate surface area is 127 Å². The maximum absolute atomic E-state index is 11.0. The standard InChI is InChI=1S/C15H28O6/c1-5-18-12(9-17-8-11(4)16)15-14(20-7-3)13(10-21-15)19-6-2/h12-15H,5-10H2,1-4H3. The average Bonchev–Trinajstić information content (AvgIpc) is 2.82. The van der Waals surface area contributed by atoms with Crippen molar-refractivity contribution in [1.29, 1.82) is 0 Å². The molecule has 0 amide bonds. The zero-order valence-electron chi connectivity index (χ0n) is 13.5. The second kappa shape index (κ2) is 10.2. The molecule has 0 aromatic rings. The number of ether oxygens (including phenoxy) is 5. The van der Waals surface area contributed by atoms with Crippen LogP contribution in [0.25, 0.3) is 0 Å². The van der Waals surface area contributed by atoms with Gasteiger partial charge in [0.1, 0.15) is 31.0 Å². The Morgan fingerprint density at radius 2 is 1.90 bits per heavy atom. The van der Waals surface area contributed by atoms with Gasteiger partial charge in [-0.1, -0.05) is 0 Å². The van der Waals surface area contributed by atoms with Crippen molar-refractivity contribution in [3.05, 3.63) is 0 Å². The zero-order valence-corrected chi connectivity index (χ0v) is 13.5. The monoisotopic (exact) mass is 304 g/mol. The largest absolute Gasteiger partial charge is 0.373 e. The molecule has 21 heavy (non-hydrogen) atoms. The molecule has 0 aliphatic carbocycles. The third kappa shape index (κ3) is 6.00. The lowest BCUT2D eigenvalue weighted by Crippen LogP contribution is -2.45. The van der Waals surface area contributed by atoms with E-state index in [2.05, 4.69) is 0 Å². The minimum Gasteiger partial charge on any atom is -0.373 e. The van der Waals surface area contributed by atoms with Crippen molar-refractivity contribution in [3.8, 4) is 0 Å². The van der Waals surface area contributed by atoms with E-state index in [1.165, 1.54) is 6.92 Å². The summed E-state index contributed by atoms with van der Waals surface area (Å²) >= 11 is 0. The fourth-order valence-electron chi connectivity index (χ4n) is 2.45. The van der Waals surface area contributed by atoms with Gasteiger partial charge in [-0.25, -0.2) is 0 Å². The second-order valence-electron chi connectivity index (χ2n) is 4.92. The molecule has 0 radical (unpaired) electrons. The van der Waals surface area contributed by atoms with E-state index in [1.54, 1.807) is 0 Å². The van der Waals surface area contributed by atoms with Crippen LogP contribution in [0.3, 0.4) is 0 Å². The van der Waals surface area contributed by atoms with Crippen LogP contribution in [0.15, 0.2) is 0 Å². The lowest BCUT2D eigenvalue weighted by atomic mass is 10.1. The highest BCUT2D eigenvalue weighted by Crippen LogP contribution is 2.25. The van der Waals surface area contributed by atoms with Crippen molar-refractivity contribution in [1.82, 2.24) is 0 Å². The van der Waals surface area contributed by atoms with Gasteiger partial charge in [0.05, 0.1) is 13.2 Å². The Kier molecular flexibility index (Phi) is 9.03. The van der Waals surface area contributed by atoms with Crippen LogP contribution >= 0.6 is 0 Å². The van der Waals surface area contributed by atoms with Crippen LogP contribution in [0.4, 0.5) is 0 Å². The van der Waals surface area contributed by atoms with E-state index in [1.807, 2.05) is 20.8 Å². The highest BCUT2D eigenvalue weighted by molar-refractivity contribution is 5.76. The van der Waals surface area contributed by atoms with Gasteiger partial charge >= 0.3 is 0 Å². The summed E-state index contributed by atoms with van der Waals surface area (Å²) in [6.07, 6.45) is -0.770. The van der Waals surface area contributed by atoms with Crippen LogP contribution in [0.1, 0.15) is 27.7 Å². The quantitative estimate of drug-likeness (QED) is 0.572. The number of rotatable bonds is 11. The molecule has 6 nitrogen and oxygen atoms in total. The summed E-state index contributed by atoms with van der Waals surface area (Å²) in [5.41, 5.74) is 0. The lowest BCUT2D eigenvalue weighted by molar-refractivity contribution is -0.134. The van der Waals surface area contributed by atoms with Gasteiger partial charge in [0.15, 0.2) is 5.78 Å². The Morgan fingerprint density at radius 1 is 1.19 bits per heavy atom. The third-order valence-electron chi connectivity index (χ3n) is 3.22. The molecule has 0 spiro atoms. The molecule has 124 valence electrons. The molecule has 1 aliphatic heterocycles. The van der Waals surface area contributed by atoms with Crippen molar-refractivity contribution in [2.24, 2.45) is 0 Å². The van der Waals surface area contributed by atoms with Crippen molar-refractivity contribution < 1.29 is 28.5 Å². The number of hydrogen-bond donors (Lipinski definition) is 0. The smallest absolute Gasteiger partial charge is 0.155 e. The van der Waals surface area contributed by atoms with E-state index in [0.29, 0.717) is 33.0 Å². The van der Waals surface area contributed by atoms with E-state index < -0.39 is 0 Å². The summed E-state index contributed by atoms with van der Waals surface area (Å²) < 4.78 is 28.4. The molecule has 0 aromatic heterocycles. The van der Waals surface area contributed by atoms with Gasteiger partial charge < -0.3 is 23.7 Å². The normalized spacial score (nSPS) is 27.0. The van der Waals surface area contributed by atoms with E-state index in [9.17, 15) is 4.79 Å². The average molecular weight is 304 g/mol. The topological polar surface area (TPSA) is 63.2 Å². The number of hydrogen-bond acceptors (Lipinski definition) is 6. The second-order valence-corrected chi connectivity index (χ2v) is 4.92. The Morgan fingerprint density at radius 3 is 2.48 bits per heavy atom. The van der Waals surface area contributed by atoms with E-state index in [4.69, 9.17) is 23.7 Å². The Hall–Kier alpha value is -0.530. The summed E-state index contributed by atoms with van der Waals surface area (Å²) in [5, 5.41) is 0. The first kappa shape index (κ1) is 18.5. The Balaban J connectivity index is 2.63. The van der Waals surface area contributed by atoms with Crippen LogP contribution in [0, 0.1) is 0 Å². The van der Waals surface area contributed by atoms with Gasteiger partial charge in [-0.05, 0) is 27.7 Å². The maximum atomic E-state index is 11.0. The first-order chi connectivity index (χ1) is 10.1. The lowest BCUT2D eigenvalue weighted by Gasteiger charge is -2.28. The van der Waals surface area contributed by atoms with Gasteiger partial charge in [-0.3, -0.25) is 4.79 Å². The molecule has 0 N–H and O–H groups in total. The molecular weight excluding hydrogens is 276 g/mol. The molecule has 1 saturated heterocycles. The van der Waals surface area contributed by atoms with Gasteiger partial charge in [0.2, 0.25) is 0 Å². The SMILES string of the molecule is CCOC(COCC(C)=O)C1OCC(OCC)C1OCC. The molecule has 0 saturated carbocycles. The molecule has 1 aliphatic rings. The fourth-order valence-corrected chi connectivity index (χ4v) is 2.45. The molecular formula is C15H28O6. The number of carbonyl (C=O) groups is 1. The third-order valence-corrected chi connectivity index (χ3v) is 3.22. The molecule has 1 rings (SSSR count). The zero-order chi connectivity index (χ0) is 15.7. The predicted octanol–water partition coefficient (Wildman–Crippen LogP) is 1.21. The van der Waals surface area contributed by atoms with E-state index >= 15 is 0 Å². The van der Waals surface area contributed by atoms with Crippen LogP contribution in [0.5, 0.6) is 0 Å². The number of Topliss-reactive ketones (excluding diaryl/α,β-unsaturated/α-hetero) is 1. The van der Waals surface area contributed by atoms with E-state index in [-0.39, 0.29) is 36.8 Å². The predicted molar refractivity (Wildman–Crippen MR) is 77.5 cm³/mol.